The number of pyridine rings is 1. The molecule has 0 radical (unpaired) electrons. The van der Waals surface area contributed by atoms with E-state index in [2.05, 4.69) is 15.2 Å². The summed E-state index contributed by atoms with van der Waals surface area (Å²) in [5, 5.41) is 18.4. The van der Waals surface area contributed by atoms with Gasteiger partial charge in [-0.3, -0.25) is 25.0 Å². The largest absolute Gasteiger partial charge is 0.328 e. The number of H-pyrrole nitrogens is 1. The molecule has 1 amide bonds. The molecule has 1 aliphatic carbocycles. The van der Waals surface area contributed by atoms with Crippen LogP contribution in [0.1, 0.15) is 29.0 Å². The minimum Gasteiger partial charge on any atom is -0.328 e. The third-order valence-electron chi connectivity index (χ3n) is 4.27. The molecule has 0 atom stereocenters. The molecule has 8 nitrogen and oxygen atoms in total. The Labute approximate surface area is 142 Å². The molecule has 0 unspecified atom stereocenters. The number of amides is 1. The number of nitrogens with one attached hydrogen (secondary N) is 1. The van der Waals surface area contributed by atoms with Gasteiger partial charge in [0.15, 0.2) is 5.69 Å². The Balaban J connectivity index is 1.69. The molecule has 0 spiro atoms. The number of hydrogen-bond donors (Lipinski definition) is 1. The van der Waals surface area contributed by atoms with Crippen LogP contribution in [0.2, 0.25) is 0 Å². The first-order valence-electron chi connectivity index (χ1n) is 7.97. The van der Waals surface area contributed by atoms with Crippen LogP contribution in [-0.2, 0) is 6.54 Å². The van der Waals surface area contributed by atoms with Gasteiger partial charge >= 0.3 is 0 Å². The van der Waals surface area contributed by atoms with Crippen molar-refractivity contribution < 1.29 is 9.72 Å². The number of carbonyl (C=O) groups excluding carboxylic acids is 1. The van der Waals surface area contributed by atoms with Crippen molar-refractivity contribution >= 4 is 22.5 Å². The molecule has 0 saturated heterocycles. The van der Waals surface area contributed by atoms with E-state index in [9.17, 15) is 14.9 Å². The van der Waals surface area contributed by atoms with Crippen LogP contribution in [-0.4, -0.2) is 37.0 Å². The van der Waals surface area contributed by atoms with Gasteiger partial charge in [-0.1, -0.05) is 6.07 Å². The summed E-state index contributed by atoms with van der Waals surface area (Å²) in [4.78, 5) is 29.6. The summed E-state index contributed by atoms with van der Waals surface area (Å²) in [6.45, 7) is 0.396. The summed E-state index contributed by atoms with van der Waals surface area (Å²) in [6.07, 6.45) is 3.58. The predicted octanol–water partition coefficient (Wildman–Crippen LogP) is 2.67. The van der Waals surface area contributed by atoms with Crippen LogP contribution in [0.3, 0.4) is 0 Å². The maximum Gasteiger partial charge on any atom is 0.275 e. The van der Waals surface area contributed by atoms with Crippen molar-refractivity contribution in [2.75, 3.05) is 0 Å². The van der Waals surface area contributed by atoms with Crippen LogP contribution in [0.25, 0.3) is 10.9 Å². The number of nitrogens with zero attached hydrogens (tertiary/aromatic N) is 4. The second kappa shape index (κ2) is 5.97. The van der Waals surface area contributed by atoms with Crippen molar-refractivity contribution in [3.8, 4) is 0 Å². The van der Waals surface area contributed by atoms with E-state index in [0.29, 0.717) is 17.4 Å². The third-order valence-corrected chi connectivity index (χ3v) is 4.27. The minimum atomic E-state index is -0.479. The van der Waals surface area contributed by atoms with Crippen LogP contribution in [0.5, 0.6) is 0 Å². The number of aromatic amines is 1. The standard InChI is InChI=1S/C17H15N5O3/c23-17(21(12-4-5-12)10-11-3-1-2-8-18-11)16-14-9-13(22(24)25)6-7-15(14)19-20-16/h1-3,6-9,12H,4-5,10H2,(H,19,20). The van der Waals surface area contributed by atoms with Crippen molar-refractivity contribution in [3.63, 3.8) is 0 Å². The summed E-state index contributed by atoms with van der Waals surface area (Å²) in [6, 6.07) is 10.1. The number of carbonyl (C=O) groups is 1. The first kappa shape index (κ1) is 15.3. The van der Waals surface area contributed by atoms with Gasteiger partial charge in [0.1, 0.15) is 0 Å². The minimum absolute atomic E-state index is 0.0642. The fourth-order valence-corrected chi connectivity index (χ4v) is 2.83. The monoisotopic (exact) mass is 337 g/mol. The Kier molecular flexibility index (Phi) is 3.64. The van der Waals surface area contributed by atoms with Gasteiger partial charge in [-0.15, -0.1) is 0 Å². The Morgan fingerprint density at radius 3 is 2.84 bits per heavy atom. The lowest BCUT2D eigenvalue weighted by Crippen LogP contribution is -2.33. The van der Waals surface area contributed by atoms with E-state index in [-0.39, 0.29) is 23.3 Å². The molecule has 8 heteroatoms. The molecular weight excluding hydrogens is 322 g/mol. The van der Waals surface area contributed by atoms with E-state index in [1.165, 1.54) is 12.1 Å². The Bertz CT molecular complexity index is 949. The highest BCUT2D eigenvalue weighted by molar-refractivity contribution is 6.05. The van der Waals surface area contributed by atoms with E-state index in [0.717, 1.165) is 18.5 Å². The molecule has 2 heterocycles. The fraction of sp³-hybridized carbons (Fsp3) is 0.235. The molecule has 1 aliphatic rings. The highest BCUT2D eigenvalue weighted by Gasteiger charge is 2.35. The van der Waals surface area contributed by atoms with E-state index >= 15 is 0 Å². The number of non-ortho nitro benzene ring substituents is 1. The highest BCUT2D eigenvalue weighted by Crippen LogP contribution is 2.31. The Morgan fingerprint density at radius 1 is 1.32 bits per heavy atom. The molecule has 1 fully saturated rings. The van der Waals surface area contributed by atoms with E-state index in [1.807, 2.05) is 18.2 Å². The molecule has 2 aromatic heterocycles. The number of aromatic nitrogens is 3. The van der Waals surface area contributed by atoms with Gasteiger partial charge in [-0.25, -0.2) is 0 Å². The second-order valence-corrected chi connectivity index (χ2v) is 6.04. The molecule has 0 bridgehead atoms. The van der Waals surface area contributed by atoms with Crippen molar-refractivity contribution in [2.45, 2.75) is 25.4 Å². The van der Waals surface area contributed by atoms with Gasteiger partial charge in [0.05, 0.1) is 22.7 Å². The maximum absolute atomic E-state index is 13.0. The van der Waals surface area contributed by atoms with Gasteiger partial charge in [-0.05, 0) is 31.0 Å². The van der Waals surface area contributed by atoms with Crippen molar-refractivity contribution in [1.82, 2.24) is 20.1 Å². The summed E-state index contributed by atoms with van der Waals surface area (Å²) in [7, 11) is 0. The number of nitro groups is 1. The molecule has 126 valence electrons. The van der Waals surface area contributed by atoms with Gasteiger partial charge in [0, 0.05) is 29.8 Å². The van der Waals surface area contributed by atoms with E-state index in [4.69, 9.17) is 0 Å². The van der Waals surface area contributed by atoms with Crippen LogP contribution in [0, 0.1) is 10.1 Å². The quantitative estimate of drug-likeness (QED) is 0.569. The van der Waals surface area contributed by atoms with E-state index < -0.39 is 4.92 Å². The molecule has 25 heavy (non-hydrogen) atoms. The molecule has 1 saturated carbocycles. The summed E-state index contributed by atoms with van der Waals surface area (Å²) in [5.74, 6) is -0.236. The first-order chi connectivity index (χ1) is 12.1. The molecule has 3 aromatic rings. The smallest absolute Gasteiger partial charge is 0.275 e. The van der Waals surface area contributed by atoms with Gasteiger partial charge in [0.25, 0.3) is 11.6 Å². The summed E-state index contributed by atoms with van der Waals surface area (Å²) >= 11 is 0. The predicted molar refractivity (Wildman–Crippen MR) is 89.9 cm³/mol. The van der Waals surface area contributed by atoms with Gasteiger partial charge in [0.2, 0.25) is 0 Å². The van der Waals surface area contributed by atoms with E-state index in [1.54, 1.807) is 17.2 Å². The first-order valence-corrected chi connectivity index (χ1v) is 7.97. The Hall–Kier alpha value is -3.29. The van der Waals surface area contributed by atoms with Crippen LogP contribution >= 0.6 is 0 Å². The number of rotatable bonds is 5. The number of benzene rings is 1. The lowest BCUT2D eigenvalue weighted by molar-refractivity contribution is -0.384. The number of fused-ring (bicyclic) bond motifs is 1. The van der Waals surface area contributed by atoms with Crippen LogP contribution in [0.15, 0.2) is 42.6 Å². The zero-order valence-electron chi connectivity index (χ0n) is 13.3. The molecule has 1 aromatic carbocycles. The van der Waals surface area contributed by atoms with Crippen LogP contribution in [0.4, 0.5) is 5.69 Å². The van der Waals surface area contributed by atoms with Crippen molar-refractivity contribution in [3.05, 3.63) is 64.1 Å². The SMILES string of the molecule is O=C(c1n[nH]c2ccc([N+](=O)[O-])cc12)N(Cc1ccccn1)C1CC1. The van der Waals surface area contributed by atoms with Crippen molar-refractivity contribution in [2.24, 2.45) is 0 Å². The number of nitro benzene ring substituents is 1. The fourth-order valence-electron chi connectivity index (χ4n) is 2.83. The molecule has 1 N–H and O–H groups in total. The van der Waals surface area contributed by atoms with Gasteiger partial charge in [-0.2, -0.15) is 5.10 Å². The average Bonchev–Trinajstić information content (AvgIpc) is 3.38. The lowest BCUT2D eigenvalue weighted by Gasteiger charge is -2.21. The molecule has 4 rings (SSSR count). The zero-order valence-corrected chi connectivity index (χ0v) is 13.3. The normalized spacial score (nSPS) is 13.8. The lowest BCUT2D eigenvalue weighted by atomic mass is 10.1. The molecule has 0 aliphatic heterocycles. The maximum atomic E-state index is 13.0. The Morgan fingerprint density at radius 2 is 2.16 bits per heavy atom. The molecular formula is C17H15N5O3. The topological polar surface area (TPSA) is 105 Å². The van der Waals surface area contributed by atoms with Gasteiger partial charge < -0.3 is 4.90 Å². The van der Waals surface area contributed by atoms with Crippen molar-refractivity contribution in [1.29, 1.82) is 0 Å². The highest BCUT2D eigenvalue weighted by atomic mass is 16.6. The average molecular weight is 337 g/mol. The zero-order chi connectivity index (χ0) is 17.4. The summed E-state index contributed by atoms with van der Waals surface area (Å²) < 4.78 is 0. The number of hydrogen-bond acceptors (Lipinski definition) is 5. The van der Waals surface area contributed by atoms with Crippen LogP contribution < -0.4 is 0 Å². The third kappa shape index (κ3) is 2.93. The second-order valence-electron chi connectivity index (χ2n) is 6.04. The summed E-state index contributed by atoms with van der Waals surface area (Å²) in [5.41, 5.74) is 1.54.